The summed E-state index contributed by atoms with van der Waals surface area (Å²) in [6.45, 7) is 0.476. The molecule has 2 rings (SSSR count). The summed E-state index contributed by atoms with van der Waals surface area (Å²) in [6.07, 6.45) is 2.79. The number of hydrogen-bond donors (Lipinski definition) is 1. The Morgan fingerprint density at radius 2 is 2.21 bits per heavy atom. The van der Waals surface area contributed by atoms with Crippen LogP contribution in [0.2, 0.25) is 0 Å². The zero-order chi connectivity index (χ0) is 14.0. The molecule has 0 bridgehead atoms. The van der Waals surface area contributed by atoms with Crippen molar-refractivity contribution in [3.63, 3.8) is 0 Å². The summed E-state index contributed by atoms with van der Waals surface area (Å²) in [6, 6.07) is 2.76. The monoisotopic (exact) mass is 263 g/mol. The van der Waals surface area contributed by atoms with Gasteiger partial charge < -0.3 is 14.9 Å². The molecule has 1 fully saturated rings. The number of pyridine rings is 1. The van der Waals surface area contributed by atoms with Crippen LogP contribution in [0.4, 0.5) is 5.69 Å². The van der Waals surface area contributed by atoms with E-state index in [0.717, 1.165) is 12.1 Å². The molecule has 2 heterocycles. The van der Waals surface area contributed by atoms with Crippen molar-refractivity contribution in [1.29, 1.82) is 0 Å². The quantitative estimate of drug-likeness (QED) is 0.874. The average Bonchev–Trinajstić information content (AvgIpc) is 2.87. The number of rotatable bonds is 3. The fourth-order valence-corrected chi connectivity index (χ4v) is 2.23. The number of aliphatic carboxylic acids is 1. The second kappa shape index (κ2) is 5.26. The van der Waals surface area contributed by atoms with Gasteiger partial charge in [-0.15, -0.1) is 0 Å². The lowest BCUT2D eigenvalue weighted by Crippen LogP contribution is -2.40. The van der Waals surface area contributed by atoms with Crippen LogP contribution in [-0.2, 0) is 4.79 Å². The van der Waals surface area contributed by atoms with Gasteiger partial charge in [-0.2, -0.15) is 0 Å². The zero-order valence-corrected chi connectivity index (χ0v) is 11.0. The minimum absolute atomic E-state index is 0.291. The topological polar surface area (TPSA) is 73.7 Å². The molecule has 1 N–H and O–H groups in total. The highest BCUT2D eigenvalue weighted by molar-refractivity contribution is 5.96. The number of carboxylic acid groups (broad SMARTS) is 1. The Balaban J connectivity index is 2.24. The molecule has 19 heavy (non-hydrogen) atoms. The van der Waals surface area contributed by atoms with Gasteiger partial charge in [0.1, 0.15) is 11.7 Å². The van der Waals surface area contributed by atoms with E-state index in [4.69, 9.17) is 5.11 Å². The lowest BCUT2D eigenvalue weighted by molar-refractivity contribution is -0.141. The number of aromatic nitrogens is 1. The van der Waals surface area contributed by atoms with E-state index in [1.165, 1.54) is 4.90 Å². The predicted molar refractivity (Wildman–Crippen MR) is 70.3 cm³/mol. The standard InChI is InChI=1S/C13H17N3O3/c1-15(2)9-5-6-14-10(8-9)12(17)16-7-3-4-11(16)13(18)19/h5-6,8,11H,3-4,7H2,1-2H3,(H,18,19)/t11-/m1/s1. The molecule has 6 nitrogen and oxygen atoms in total. The van der Waals surface area contributed by atoms with Gasteiger partial charge in [0, 0.05) is 32.5 Å². The van der Waals surface area contributed by atoms with Crippen LogP contribution in [0.15, 0.2) is 18.3 Å². The number of nitrogens with zero attached hydrogens (tertiary/aromatic N) is 3. The fraction of sp³-hybridized carbons (Fsp3) is 0.462. The van der Waals surface area contributed by atoms with Crippen LogP contribution >= 0.6 is 0 Å². The molecule has 0 unspecified atom stereocenters. The third kappa shape index (κ3) is 2.67. The lowest BCUT2D eigenvalue weighted by Gasteiger charge is -2.21. The van der Waals surface area contributed by atoms with Crippen molar-refractivity contribution in [2.24, 2.45) is 0 Å². The van der Waals surface area contributed by atoms with E-state index in [1.54, 1.807) is 18.3 Å². The lowest BCUT2D eigenvalue weighted by atomic mass is 10.2. The summed E-state index contributed by atoms with van der Waals surface area (Å²) >= 11 is 0. The summed E-state index contributed by atoms with van der Waals surface area (Å²) in [5.74, 6) is -1.26. The van der Waals surface area contributed by atoms with E-state index >= 15 is 0 Å². The molecule has 0 aromatic carbocycles. The van der Waals surface area contributed by atoms with Crippen molar-refractivity contribution < 1.29 is 14.7 Å². The molecule has 1 aliphatic heterocycles. The Morgan fingerprint density at radius 3 is 2.84 bits per heavy atom. The Hall–Kier alpha value is -2.11. The summed E-state index contributed by atoms with van der Waals surface area (Å²) in [5, 5.41) is 9.10. The van der Waals surface area contributed by atoms with Crippen LogP contribution in [0.1, 0.15) is 23.3 Å². The molecule has 1 amide bonds. The van der Waals surface area contributed by atoms with Crippen LogP contribution in [0.25, 0.3) is 0 Å². The van der Waals surface area contributed by atoms with E-state index in [1.807, 2.05) is 19.0 Å². The molecule has 1 saturated heterocycles. The van der Waals surface area contributed by atoms with E-state index < -0.39 is 12.0 Å². The van der Waals surface area contributed by atoms with Crippen molar-refractivity contribution in [1.82, 2.24) is 9.88 Å². The van der Waals surface area contributed by atoms with E-state index in [2.05, 4.69) is 4.98 Å². The smallest absolute Gasteiger partial charge is 0.326 e. The Bertz CT molecular complexity index is 502. The van der Waals surface area contributed by atoms with Crippen LogP contribution in [-0.4, -0.2) is 53.5 Å². The SMILES string of the molecule is CN(C)c1ccnc(C(=O)N2CCC[C@@H]2C(=O)O)c1. The normalized spacial score (nSPS) is 18.4. The molecular weight excluding hydrogens is 246 g/mol. The van der Waals surface area contributed by atoms with E-state index in [9.17, 15) is 9.59 Å². The predicted octanol–water partition coefficient (Wildman–Crippen LogP) is 0.837. The van der Waals surface area contributed by atoms with Crippen LogP contribution in [0.3, 0.4) is 0 Å². The maximum absolute atomic E-state index is 12.3. The van der Waals surface area contributed by atoms with Gasteiger partial charge >= 0.3 is 5.97 Å². The number of amides is 1. The summed E-state index contributed by atoms with van der Waals surface area (Å²) < 4.78 is 0. The average molecular weight is 263 g/mol. The minimum Gasteiger partial charge on any atom is -0.480 e. The molecule has 1 atom stereocenters. The zero-order valence-electron chi connectivity index (χ0n) is 11.0. The second-order valence-corrected chi connectivity index (χ2v) is 4.79. The number of anilines is 1. The highest BCUT2D eigenvalue weighted by atomic mass is 16.4. The van der Waals surface area contributed by atoms with Gasteiger partial charge in [-0.05, 0) is 25.0 Å². The molecule has 0 aliphatic carbocycles. The highest BCUT2D eigenvalue weighted by Gasteiger charge is 2.34. The first-order chi connectivity index (χ1) is 9.00. The summed E-state index contributed by atoms with van der Waals surface area (Å²) in [7, 11) is 3.75. The largest absolute Gasteiger partial charge is 0.480 e. The van der Waals surface area contributed by atoms with Crippen molar-refractivity contribution in [2.45, 2.75) is 18.9 Å². The summed E-state index contributed by atoms with van der Waals surface area (Å²) in [5.41, 5.74) is 1.16. The molecular formula is C13H17N3O3. The summed E-state index contributed by atoms with van der Waals surface area (Å²) in [4.78, 5) is 30.7. The van der Waals surface area contributed by atoms with Crippen LogP contribution in [0, 0.1) is 0 Å². The number of carbonyl (C=O) groups is 2. The molecule has 0 spiro atoms. The number of carbonyl (C=O) groups excluding carboxylic acids is 1. The van der Waals surface area contributed by atoms with Gasteiger partial charge in [0.25, 0.3) is 5.91 Å². The molecule has 6 heteroatoms. The van der Waals surface area contributed by atoms with Gasteiger partial charge in [-0.25, -0.2) is 4.79 Å². The van der Waals surface area contributed by atoms with Gasteiger partial charge in [0.05, 0.1) is 0 Å². The minimum atomic E-state index is -0.949. The molecule has 0 radical (unpaired) electrons. The fourth-order valence-electron chi connectivity index (χ4n) is 2.23. The molecule has 0 saturated carbocycles. The van der Waals surface area contributed by atoms with E-state index in [0.29, 0.717) is 18.7 Å². The first-order valence-electron chi connectivity index (χ1n) is 6.18. The van der Waals surface area contributed by atoms with Gasteiger partial charge in [0.2, 0.25) is 0 Å². The Morgan fingerprint density at radius 1 is 1.47 bits per heavy atom. The molecule has 102 valence electrons. The van der Waals surface area contributed by atoms with Gasteiger partial charge in [0.15, 0.2) is 0 Å². The van der Waals surface area contributed by atoms with Crippen LogP contribution in [0.5, 0.6) is 0 Å². The van der Waals surface area contributed by atoms with Crippen molar-refractivity contribution in [3.8, 4) is 0 Å². The van der Waals surface area contributed by atoms with Crippen molar-refractivity contribution in [2.75, 3.05) is 25.5 Å². The second-order valence-electron chi connectivity index (χ2n) is 4.79. The molecule has 1 aromatic heterocycles. The highest BCUT2D eigenvalue weighted by Crippen LogP contribution is 2.21. The third-order valence-corrected chi connectivity index (χ3v) is 3.28. The third-order valence-electron chi connectivity index (χ3n) is 3.28. The Labute approximate surface area is 111 Å². The first kappa shape index (κ1) is 13.3. The van der Waals surface area contributed by atoms with Crippen molar-refractivity contribution in [3.05, 3.63) is 24.0 Å². The Kier molecular flexibility index (Phi) is 3.69. The van der Waals surface area contributed by atoms with Gasteiger partial charge in [-0.3, -0.25) is 9.78 Å². The maximum Gasteiger partial charge on any atom is 0.326 e. The van der Waals surface area contributed by atoms with Crippen LogP contribution < -0.4 is 4.90 Å². The number of hydrogen-bond acceptors (Lipinski definition) is 4. The first-order valence-corrected chi connectivity index (χ1v) is 6.18. The maximum atomic E-state index is 12.3. The molecule has 1 aromatic rings. The molecule has 1 aliphatic rings. The van der Waals surface area contributed by atoms with E-state index in [-0.39, 0.29) is 5.91 Å². The number of carboxylic acids is 1. The number of likely N-dealkylation sites (tertiary alicyclic amines) is 1. The van der Waals surface area contributed by atoms with Crippen molar-refractivity contribution >= 4 is 17.6 Å². The van der Waals surface area contributed by atoms with Gasteiger partial charge in [-0.1, -0.05) is 0 Å².